The lowest BCUT2D eigenvalue weighted by molar-refractivity contribution is -0.275. The first-order chi connectivity index (χ1) is 16.8. The summed E-state index contributed by atoms with van der Waals surface area (Å²) in [5.74, 6) is -3.32. The Morgan fingerprint density at radius 2 is 1.83 bits per heavy atom. The number of rotatable bonds is 11. The molecule has 1 fully saturated rings. The van der Waals surface area contributed by atoms with Crippen LogP contribution in [0.5, 0.6) is 5.75 Å². The van der Waals surface area contributed by atoms with Crippen LogP contribution in [0.2, 0.25) is 0 Å². The zero-order valence-corrected chi connectivity index (χ0v) is 20.3. The molecule has 1 saturated heterocycles. The first-order valence-electron chi connectivity index (χ1n) is 11.2. The largest absolute Gasteiger partial charge is 0.573 e. The van der Waals surface area contributed by atoms with Crippen molar-refractivity contribution in [1.29, 1.82) is 0 Å². The molecule has 1 heterocycles. The summed E-state index contributed by atoms with van der Waals surface area (Å²) in [5.41, 5.74) is 4.61. The van der Waals surface area contributed by atoms with Gasteiger partial charge in [-0.2, -0.15) is 8.42 Å². The fourth-order valence-corrected chi connectivity index (χ4v) is 4.46. The summed E-state index contributed by atoms with van der Waals surface area (Å²) >= 11 is 0. The SMILES string of the molecule is C[C@H](N)C(=O)OS(=O)(=O)c1cccc(NC(=O)CCNC(=O)CCC2CCNCC2)c1OC(F)(F)F. The van der Waals surface area contributed by atoms with E-state index in [9.17, 15) is 36.0 Å². The van der Waals surface area contributed by atoms with Crippen LogP contribution in [0, 0.1) is 5.92 Å². The van der Waals surface area contributed by atoms with Gasteiger partial charge in [0.2, 0.25) is 11.8 Å². The Bertz CT molecular complexity index is 1040. The molecular formula is C21H29F3N4O7S. The van der Waals surface area contributed by atoms with E-state index in [0.29, 0.717) is 18.4 Å². The van der Waals surface area contributed by atoms with Crippen LogP contribution in [-0.4, -0.2) is 58.2 Å². The Hall–Kier alpha value is -2.91. The summed E-state index contributed by atoms with van der Waals surface area (Å²) in [6.45, 7) is 2.84. The minimum atomic E-state index is -5.33. The molecule has 1 aliphatic heterocycles. The van der Waals surface area contributed by atoms with Crippen molar-refractivity contribution in [2.45, 2.75) is 56.3 Å². The molecule has 0 aromatic heterocycles. The molecule has 0 bridgehead atoms. The van der Waals surface area contributed by atoms with E-state index in [1.165, 1.54) is 0 Å². The molecule has 2 amide bonds. The average Bonchev–Trinajstić information content (AvgIpc) is 2.78. The topological polar surface area (TPSA) is 166 Å². The fraction of sp³-hybridized carbons (Fsp3) is 0.571. The summed E-state index contributed by atoms with van der Waals surface area (Å²) < 4.78 is 71.9. The standard InChI is InChI=1S/C21H29F3N4O7S/c1-13(25)20(31)35-36(32,33)16-4-2-3-15(19(16)34-21(22,23)24)28-18(30)9-12-27-17(29)6-5-14-7-10-26-11-8-14/h2-4,13-14,26H,5-12,25H2,1H3,(H,27,29)(H,28,30)/t13-/m0/s1. The van der Waals surface area contributed by atoms with E-state index in [0.717, 1.165) is 45.0 Å². The molecule has 15 heteroatoms. The fourth-order valence-electron chi connectivity index (χ4n) is 3.38. The summed E-state index contributed by atoms with van der Waals surface area (Å²) in [6, 6.07) is 1.34. The van der Waals surface area contributed by atoms with Crippen molar-refractivity contribution < 1.29 is 44.9 Å². The monoisotopic (exact) mass is 538 g/mol. The molecular weight excluding hydrogens is 509 g/mol. The van der Waals surface area contributed by atoms with Gasteiger partial charge in [0, 0.05) is 19.4 Å². The van der Waals surface area contributed by atoms with E-state index in [1.807, 2.05) is 0 Å². The van der Waals surface area contributed by atoms with Crippen molar-refractivity contribution in [3.8, 4) is 5.75 Å². The Kier molecular flexibility index (Phi) is 10.5. The van der Waals surface area contributed by atoms with Gasteiger partial charge < -0.3 is 30.6 Å². The number of benzene rings is 1. The second kappa shape index (κ2) is 12.9. The normalized spacial score (nSPS) is 15.6. The van der Waals surface area contributed by atoms with E-state index in [4.69, 9.17) is 5.73 Å². The molecule has 5 N–H and O–H groups in total. The molecule has 0 unspecified atom stereocenters. The molecule has 1 aliphatic rings. The van der Waals surface area contributed by atoms with Crippen molar-refractivity contribution in [2.75, 3.05) is 25.0 Å². The number of hydrogen-bond acceptors (Lipinski definition) is 9. The van der Waals surface area contributed by atoms with Gasteiger partial charge in [0.05, 0.1) is 5.69 Å². The number of ether oxygens (including phenoxy) is 1. The molecule has 1 atom stereocenters. The Morgan fingerprint density at radius 3 is 2.44 bits per heavy atom. The molecule has 1 aromatic carbocycles. The highest BCUT2D eigenvalue weighted by Gasteiger charge is 2.37. The zero-order valence-electron chi connectivity index (χ0n) is 19.5. The Labute approximate surface area is 206 Å². The number of amides is 2. The van der Waals surface area contributed by atoms with Crippen molar-refractivity contribution in [3.63, 3.8) is 0 Å². The van der Waals surface area contributed by atoms with Gasteiger partial charge in [0.25, 0.3) is 0 Å². The number of nitrogens with two attached hydrogens (primary N) is 1. The van der Waals surface area contributed by atoms with Gasteiger partial charge >= 0.3 is 22.4 Å². The number of carbonyl (C=O) groups is 3. The van der Waals surface area contributed by atoms with E-state index < -0.39 is 50.7 Å². The molecule has 0 saturated carbocycles. The average molecular weight is 539 g/mol. The molecule has 36 heavy (non-hydrogen) atoms. The number of carbonyl (C=O) groups excluding carboxylic acids is 3. The maximum Gasteiger partial charge on any atom is 0.573 e. The van der Waals surface area contributed by atoms with Crippen molar-refractivity contribution in [2.24, 2.45) is 11.7 Å². The van der Waals surface area contributed by atoms with E-state index in [-0.39, 0.29) is 25.3 Å². The molecule has 2 rings (SSSR count). The molecule has 11 nitrogen and oxygen atoms in total. The van der Waals surface area contributed by atoms with E-state index in [2.05, 4.69) is 24.9 Å². The highest BCUT2D eigenvalue weighted by atomic mass is 32.2. The van der Waals surface area contributed by atoms with Gasteiger partial charge in [0.1, 0.15) is 6.04 Å². The summed E-state index contributed by atoms with van der Waals surface area (Å²) in [6.07, 6.45) is -2.67. The number of hydrogen-bond donors (Lipinski definition) is 4. The van der Waals surface area contributed by atoms with Crippen LogP contribution in [0.1, 0.15) is 39.0 Å². The van der Waals surface area contributed by atoms with Gasteiger partial charge in [-0.1, -0.05) is 6.07 Å². The second-order valence-corrected chi connectivity index (χ2v) is 9.72. The first-order valence-corrected chi connectivity index (χ1v) is 12.6. The quantitative estimate of drug-likeness (QED) is 0.305. The zero-order chi connectivity index (χ0) is 26.9. The lowest BCUT2D eigenvalue weighted by atomic mass is 9.93. The number of nitrogens with one attached hydrogen (secondary N) is 3. The highest BCUT2D eigenvalue weighted by Crippen LogP contribution is 2.37. The van der Waals surface area contributed by atoms with Crippen LogP contribution in [0.25, 0.3) is 0 Å². The Morgan fingerprint density at radius 1 is 1.17 bits per heavy atom. The summed E-state index contributed by atoms with van der Waals surface area (Å²) in [4.78, 5) is 34.8. The predicted octanol–water partition coefficient (Wildman–Crippen LogP) is 1.39. The van der Waals surface area contributed by atoms with Crippen molar-refractivity contribution in [1.82, 2.24) is 10.6 Å². The van der Waals surface area contributed by atoms with E-state index in [1.54, 1.807) is 0 Å². The lowest BCUT2D eigenvalue weighted by Crippen LogP contribution is -2.31. The Balaban J connectivity index is 2.04. The maximum atomic E-state index is 13.0. The third-order valence-corrected chi connectivity index (χ3v) is 6.46. The highest BCUT2D eigenvalue weighted by molar-refractivity contribution is 7.87. The second-order valence-electron chi connectivity index (χ2n) is 8.21. The molecule has 202 valence electrons. The molecule has 0 aliphatic carbocycles. The lowest BCUT2D eigenvalue weighted by Gasteiger charge is -2.22. The van der Waals surface area contributed by atoms with E-state index >= 15 is 0 Å². The smallest absolute Gasteiger partial charge is 0.402 e. The third kappa shape index (κ3) is 9.62. The van der Waals surface area contributed by atoms with Gasteiger partial charge in [-0.15, -0.1) is 13.2 Å². The first kappa shape index (κ1) is 29.3. The van der Waals surface area contributed by atoms with Crippen LogP contribution in [-0.2, 0) is 28.7 Å². The van der Waals surface area contributed by atoms with Crippen molar-refractivity contribution >= 4 is 33.6 Å². The van der Waals surface area contributed by atoms with Crippen molar-refractivity contribution in [3.05, 3.63) is 18.2 Å². The minimum Gasteiger partial charge on any atom is -0.402 e. The van der Waals surface area contributed by atoms with Crippen LogP contribution in [0.4, 0.5) is 18.9 Å². The van der Waals surface area contributed by atoms with Gasteiger partial charge in [0.15, 0.2) is 10.6 Å². The molecule has 1 aromatic rings. The number of anilines is 1. The molecule has 0 radical (unpaired) electrons. The van der Waals surface area contributed by atoms with Crippen LogP contribution in [0.3, 0.4) is 0 Å². The predicted molar refractivity (Wildman–Crippen MR) is 121 cm³/mol. The number of piperidine rings is 1. The summed E-state index contributed by atoms with van der Waals surface area (Å²) in [5, 5.41) is 7.93. The van der Waals surface area contributed by atoms with Crippen LogP contribution < -0.4 is 26.4 Å². The van der Waals surface area contributed by atoms with Crippen LogP contribution >= 0.6 is 0 Å². The van der Waals surface area contributed by atoms with Crippen LogP contribution in [0.15, 0.2) is 23.1 Å². The number of halogens is 3. The maximum absolute atomic E-state index is 13.0. The number of para-hydroxylation sites is 1. The third-order valence-electron chi connectivity index (χ3n) is 5.22. The number of alkyl halides is 3. The van der Waals surface area contributed by atoms with Gasteiger partial charge in [-0.05, 0) is 57.3 Å². The minimum absolute atomic E-state index is 0.0870. The van der Waals surface area contributed by atoms with Gasteiger partial charge in [-0.25, -0.2) is 4.79 Å². The summed E-state index contributed by atoms with van der Waals surface area (Å²) in [7, 11) is -5.08. The van der Waals surface area contributed by atoms with Gasteiger partial charge in [-0.3, -0.25) is 9.59 Å². The molecule has 0 spiro atoms.